The van der Waals surface area contributed by atoms with Gasteiger partial charge in [0.05, 0.1) is 12.7 Å². The number of rotatable bonds is 5. The van der Waals surface area contributed by atoms with Gasteiger partial charge in [0.1, 0.15) is 5.75 Å². The zero-order valence-corrected chi connectivity index (χ0v) is 13.9. The molecule has 0 radical (unpaired) electrons. The van der Waals surface area contributed by atoms with Crippen LogP contribution in [0.1, 0.15) is 21.5 Å². The van der Waals surface area contributed by atoms with Crippen molar-refractivity contribution in [3.8, 4) is 5.75 Å². The Kier molecular flexibility index (Phi) is 5.65. The predicted octanol–water partition coefficient (Wildman–Crippen LogP) is 4.13. The van der Waals surface area contributed by atoms with Gasteiger partial charge in [0.25, 0.3) is 5.91 Å². The van der Waals surface area contributed by atoms with Crippen molar-refractivity contribution in [1.29, 1.82) is 0 Å². The second-order valence-electron chi connectivity index (χ2n) is 4.48. The molecule has 0 saturated heterocycles. The topological polar surface area (TPSA) is 38.3 Å². The Hall–Kier alpha value is -1.52. The van der Waals surface area contributed by atoms with Crippen LogP contribution in [-0.2, 0) is 12.4 Å². The zero-order valence-electron chi connectivity index (χ0n) is 11.5. The molecule has 110 valence electrons. The van der Waals surface area contributed by atoms with E-state index in [9.17, 15) is 4.79 Å². The number of nitrogens with one attached hydrogen (secondary N) is 1. The molecule has 0 unspecified atom stereocenters. The first-order valence-corrected chi connectivity index (χ1v) is 7.72. The first-order chi connectivity index (χ1) is 10.1. The molecule has 0 fully saturated rings. The lowest BCUT2D eigenvalue weighted by Crippen LogP contribution is -2.23. The van der Waals surface area contributed by atoms with Crippen LogP contribution in [0.3, 0.4) is 0 Å². The molecule has 0 aliphatic carbocycles. The molecule has 0 saturated carbocycles. The van der Waals surface area contributed by atoms with E-state index < -0.39 is 0 Å². The molecule has 21 heavy (non-hydrogen) atoms. The van der Waals surface area contributed by atoms with Crippen LogP contribution in [0.2, 0.25) is 0 Å². The van der Waals surface area contributed by atoms with Crippen molar-refractivity contribution >= 4 is 33.4 Å². The number of alkyl halides is 1. The van der Waals surface area contributed by atoms with Crippen LogP contribution in [0.5, 0.6) is 5.75 Å². The van der Waals surface area contributed by atoms with Gasteiger partial charge in [-0.15, -0.1) is 11.6 Å². The first kappa shape index (κ1) is 15.9. The summed E-state index contributed by atoms with van der Waals surface area (Å²) in [7, 11) is 1.54. The molecule has 0 heterocycles. The lowest BCUT2D eigenvalue weighted by molar-refractivity contribution is 0.0948. The third-order valence-electron chi connectivity index (χ3n) is 3.01. The fraction of sp³-hybridized carbons (Fsp3) is 0.188. The van der Waals surface area contributed by atoms with Gasteiger partial charge in [-0.3, -0.25) is 4.79 Å². The molecule has 5 heteroatoms. The van der Waals surface area contributed by atoms with Gasteiger partial charge < -0.3 is 10.1 Å². The minimum Gasteiger partial charge on any atom is -0.496 e. The van der Waals surface area contributed by atoms with E-state index in [-0.39, 0.29) is 5.91 Å². The third-order valence-corrected chi connectivity index (χ3v) is 3.81. The van der Waals surface area contributed by atoms with Gasteiger partial charge in [0.2, 0.25) is 0 Å². The van der Waals surface area contributed by atoms with Crippen LogP contribution >= 0.6 is 27.5 Å². The fourth-order valence-electron chi connectivity index (χ4n) is 1.95. The summed E-state index contributed by atoms with van der Waals surface area (Å²) >= 11 is 9.16. The van der Waals surface area contributed by atoms with Gasteiger partial charge in [-0.25, -0.2) is 0 Å². The second kappa shape index (κ2) is 7.48. The lowest BCUT2D eigenvalue weighted by Gasteiger charge is -2.10. The van der Waals surface area contributed by atoms with E-state index in [4.69, 9.17) is 16.3 Å². The van der Waals surface area contributed by atoms with E-state index in [0.29, 0.717) is 23.7 Å². The number of methoxy groups -OCH3 is 1. The quantitative estimate of drug-likeness (QED) is 0.806. The van der Waals surface area contributed by atoms with Crippen LogP contribution in [0.25, 0.3) is 0 Å². The highest BCUT2D eigenvalue weighted by molar-refractivity contribution is 9.10. The minimum absolute atomic E-state index is 0.171. The second-order valence-corrected chi connectivity index (χ2v) is 5.66. The number of ether oxygens (including phenoxy) is 1. The van der Waals surface area contributed by atoms with Gasteiger partial charge in [0.15, 0.2) is 0 Å². The van der Waals surface area contributed by atoms with Crippen molar-refractivity contribution in [3.63, 3.8) is 0 Å². The average molecular weight is 369 g/mol. The Morgan fingerprint density at radius 3 is 2.71 bits per heavy atom. The third kappa shape index (κ3) is 4.22. The van der Waals surface area contributed by atoms with Crippen molar-refractivity contribution in [2.24, 2.45) is 0 Å². The van der Waals surface area contributed by atoms with E-state index >= 15 is 0 Å². The van der Waals surface area contributed by atoms with E-state index in [1.807, 2.05) is 30.3 Å². The van der Waals surface area contributed by atoms with E-state index in [2.05, 4.69) is 21.2 Å². The smallest absolute Gasteiger partial charge is 0.255 e. The number of halogens is 2. The molecule has 0 aliphatic rings. The van der Waals surface area contributed by atoms with Crippen molar-refractivity contribution in [1.82, 2.24) is 5.32 Å². The number of carbonyl (C=O) groups is 1. The van der Waals surface area contributed by atoms with Crippen LogP contribution in [0, 0.1) is 0 Å². The number of hydrogen-bond acceptors (Lipinski definition) is 2. The monoisotopic (exact) mass is 367 g/mol. The molecule has 0 aromatic heterocycles. The Morgan fingerprint density at radius 1 is 1.24 bits per heavy atom. The summed E-state index contributed by atoms with van der Waals surface area (Å²) < 4.78 is 6.09. The minimum atomic E-state index is -0.171. The number of hydrogen-bond donors (Lipinski definition) is 1. The highest BCUT2D eigenvalue weighted by atomic mass is 79.9. The zero-order chi connectivity index (χ0) is 15.2. The summed E-state index contributed by atoms with van der Waals surface area (Å²) in [6, 6.07) is 13.1. The molecule has 1 amide bonds. The summed E-state index contributed by atoms with van der Waals surface area (Å²) in [6.07, 6.45) is 0. The Morgan fingerprint density at radius 2 is 2.00 bits per heavy atom. The maximum Gasteiger partial charge on any atom is 0.255 e. The molecular weight excluding hydrogens is 354 g/mol. The molecule has 0 atom stereocenters. The highest BCUT2D eigenvalue weighted by Gasteiger charge is 2.12. The van der Waals surface area contributed by atoms with E-state index in [1.165, 1.54) is 0 Å². The molecule has 0 aliphatic heterocycles. The first-order valence-electron chi connectivity index (χ1n) is 6.39. The standard InChI is InChI=1S/C16H15BrClNO2/c1-21-15-8-13(17)5-6-14(15)16(20)19-10-12-4-2-3-11(7-12)9-18/h2-8H,9-10H2,1H3,(H,19,20). The average Bonchev–Trinajstić information content (AvgIpc) is 2.52. The van der Waals surface area contributed by atoms with Gasteiger partial charge in [-0.1, -0.05) is 40.2 Å². The lowest BCUT2D eigenvalue weighted by atomic mass is 10.1. The normalized spacial score (nSPS) is 10.2. The Labute approximate surface area is 137 Å². The molecule has 2 aromatic carbocycles. The molecule has 0 bridgehead atoms. The van der Waals surface area contributed by atoms with E-state index in [0.717, 1.165) is 15.6 Å². The van der Waals surface area contributed by atoms with Crippen molar-refractivity contribution in [2.75, 3.05) is 7.11 Å². The Bertz CT molecular complexity index is 646. The molecule has 1 N–H and O–H groups in total. The maximum atomic E-state index is 12.2. The summed E-state index contributed by atoms with van der Waals surface area (Å²) in [5.74, 6) is 0.828. The van der Waals surface area contributed by atoms with Gasteiger partial charge in [-0.05, 0) is 29.3 Å². The summed E-state index contributed by atoms with van der Waals surface area (Å²) in [6.45, 7) is 0.447. The molecule has 3 nitrogen and oxygen atoms in total. The molecule has 2 rings (SSSR count). The van der Waals surface area contributed by atoms with Crippen LogP contribution in [-0.4, -0.2) is 13.0 Å². The number of carbonyl (C=O) groups excluding carboxylic acids is 1. The predicted molar refractivity (Wildman–Crippen MR) is 87.9 cm³/mol. The summed E-state index contributed by atoms with van der Waals surface area (Å²) in [5.41, 5.74) is 2.55. The molecular formula is C16H15BrClNO2. The largest absolute Gasteiger partial charge is 0.496 e. The van der Waals surface area contributed by atoms with Crippen molar-refractivity contribution in [2.45, 2.75) is 12.4 Å². The van der Waals surface area contributed by atoms with Gasteiger partial charge in [-0.2, -0.15) is 0 Å². The summed E-state index contributed by atoms with van der Waals surface area (Å²) in [4.78, 5) is 12.2. The van der Waals surface area contributed by atoms with Crippen LogP contribution < -0.4 is 10.1 Å². The number of amides is 1. The highest BCUT2D eigenvalue weighted by Crippen LogP contribution is 2.23. The van der Waals surface area contributed by atoms with Crippen LogP contribution in [0.4, 0.5) is 0 Å². The number of benzene rings is 2. The van der Waals surface area contributed by atoms with Crippen LogP contribution in [0.15, 0.2) is 46.9 Å². The van der Waals surface area contributed by atoms with Gasteiger partial charge in [0, 0.05) is 16.9 Å². The van der Waals surface area contributed by atoms with Gasteiger partial charge >= 0.3 is 0 Å². The molecule has 0 spiro atoms. The van der Waals surface area contributed by atoms with Crippen molar-refractivity contribution in [3.05, 3.63) is 63.6 Å². The summed E-state index contributed by atoms with van der Waals surface area (Å²) in [5, 5.41) is 2.88. The molecule has 2 aromatic rings. The maximum absolute atomic E-state index is 12.2. The van der Waals surface area contributed by atoms with Crippen molar-refractivity contribution < 1.29 is 9.53 Å². The fourth-order valence-corrected chi connectivity index (χ4v) is 2.46. The SMILES string of the molecule is COc1cc(Br)ccc1C(=O)NCc1cccc(CCl)c1. The van der Waals surface area contributed by atoms with E-state index in [1.54, 1.807) is 19.2 Å². The Balaban J connectivity index is 2.08.